The van der Waals surface area contributed by atoms with E-state index >= 15 is 0 Å². The molecule has 1 aliphatic heterocycles. The summed E-state index contributed by atoms with van der Waals surface area (Å²) in [6.45, 7) is 2.44. The summed E-state index contributed by atoms with van der Waals surface area (Å²) >= 11 is 6.00. The Morgan fingerprint density at radius 2 is 1.74 bits per heavy atom. The molecule has 0 aromatic heterocycles. The van der Waals surface area contributed by atoms with Gasteiger partial charge in [-0.3, -0.25) is 4.79 Å². The van der Waals surface area contributed by atoms with Crippen molar-refractivity contribution in [2.75, 3.05) is 27.3 Å². The molecule has 0 saturated carbocycles. The van der Waals surface area contributed by atoms with Crippen LogP contribution in [-0.2, 0) is 14.8 Å². The van der Waals surface area contributed by atoms with Gasteiger partial charge in [0.25, 0.3) is 0 Å². The third-order valence-electron chi connectivity index (χ3n) is 5.54. The number of benzene rings is 2. The Labute approximate surface area is 188 Å². The summed E-state index contributed by atoms with van der Waals surface area (Å²) in [6.07, 6.45) is 0.895. The predicted octanol–water partition coefficient (Wildman–Crippen LogP) is 3.64. The third-order valence-corrected chi connectivity index (χ3v) is 7.70. The van der Waals surface area contributed by atoms with Gasteiger partial charge >= 0.3 is 0 Å². The van der Waals surface area contributed by atoms with Crippen LogP contribution in [0.3, 0.4) is 0 Å². The van der Waals surface area contributed by atoms with Crippen LogP contribution in [0, 0.1) is 5.92 Å². The molecule has 0 bridgehead atoms. The first-order chi connectivity index (χ1) is 14.8. The minimum Gasteiger partial charge on any atom is -0.497 e. The Balaban J connectivity index is 1.62. The van der Waals surface area contributed by atoms with Crippen molar-refractivity contribution < 1.29 is 22.7 Å². The number of hydrogen-bond donors (Lipinski definition) is 1. The zero-order valence-electron chi connectivity index (χ0n) is 17.8. The number of carbonyl (C=O) groups is 1. The van der Waals surface area contributed by atoms with E-state index in [1.165, 1.54) is 23.5 Å². The normalized spacial score (nSPS) is 16.5. The van der Waals surface area contributed by atoms with Crippen molar-refractivity contribution in [2.24, 2.45) is 5.92 Å². The third kappa shape index (κ3) is 5.31. The van der Waals surface area contributed by atoms with Gasteiger partial charge in [0.05, 0.1) is 20.3 Å². The van der Waals surface area contributed by atoms with E-state index in [-0.39, 0.29) is 41.6 Å². The molecule has 9 heteroatoms. The lowest BCUT2D eigenvalue weighted by Crippen LogP contribution is -2.43. The highest BCUT2D eigenvalue weighted by Gasteiger charge is 2.34. The van der Waals surface area contributed by atoms with Gasteiger partial charge < -0.3 is 14.8 Å². The molecule has 0 aliphatic carbocycles. The Morgan fingerprint density at radius 3 is 2.32 bits per heavy atom. The van der Waals surface area contributed by atoms with Crippen LogP contribution < -0.4 is 14.8 Å². The maximum atomic E-state index is 13.1. The molecule has 168 valence electrons. The summed E-state index contributed by atoms with van der Waals surface area (Å²) in [5, 5.41) is 3.35. The molecule has 1 amide bonds. The van der Waals surface area contributed by atoms with Gasteiger partial charge in [-0.25, -0.2) is 8.42 Å². The Kier molecular flexibility index (Phi) is 7.46. The summed E-state index contributed by atoms with van der Waals surface area (Å²) in [7, 11) is -0.743. The molecule has 31 heavy (non-hydrogen) atoms. The van der Waals surface area contributed by atoms with Crippen LogP contribution in [0.2, 0.25) is 5.02 Å². The largest absolute Gasteiger partial charge is 0.497 e. The summed E-state index contributed by atoms with van der Waals surface area (Å²) in [5.74, 6) is 0.693. The number of piperidine rings is 1. The van der Waals surface area contributed by atoms with Gasteiger partial charge in [-0.05, 0) is 55.7 Å². The number of nitrogens with one attached hydrogen (secondary N) is 1. The van der Waals surface area contributed by atoms with E-state index in [0.717, 1.165) is 11.3 Å². The molecule has 7 nitrogen and oxygen atoms in total. The van der Waals surface area contributed by atoms with E-state index < -0.39 is 10.0 Å². The Hall–Kier alpha value is -2.29. The van der Waals surface area contributed by atoms with Crippen LogP contribution in [0.5, 0.6) is 11.5 Å². The first-order valence-electron chi connectivity index (χ1n) is 10.0. The summed E-state index contributed by atoms with van der Waals surface area (Å²) < 4.78 is 37.9. The second kappa shape index (κ2) is 9.89. The van der Waals surface area contributed by atoms with Crippen molar-refractivity contribution in [3.8, 4) is 11.5 Å². The summed E-state index contributed by atoms with van der Waals surface area (Å²) in [6, 6.07) is 11.9. The van der Waals surface area contributed by atoms with E-state index in [1.54, 1.807) is 13.2 Å². The lowest BCUT2D eigenvalue weighted by molar-refractivity contribution is -0.126. The first kappa shape index (κ1) is 23.4. The molecule has 1 N–H and O–H groups in total. The first-order valence-corrected chi connectivity index (χ1v) is 11.9. The van der Waals surface area contributed by atoms with Crippen molar-refractivity contribution in [1.29, 1.82) is 0 Å². The van der Waals surface area contributed by atoms with Crippen LogP contribution in [0.1, 0.15) is 31.4 Å². The Bertz CT molecular complexity index is 1020. The molecule has 1 atom stereocenters. The quantitative estimate of drug-likeness (QED) is 0.673. The van der Waals surface area contributed by atoms with Crippen LogP contribution >= 0.6 is 11.6 Å². The number of amides is 1. The monoisotopic (exact) mass is 466 g/mol. The molecule has 2 aromatic rings. The molecule has 1 heterocycles. The summed E-state index contributed by atoms with van der Waals surface area (Å²) in [5.41, 5.74) is 0.974. The molecule has 1 aliphatic rings. The number of ether oxygens (including phenoxy) is 2. The predicted molar refractivity (Wildman–Crippen MR) is 119 cm³/mol. The average Bonchev–Trinajstić information content (AvgIpc) is 2.79. The lowest BCUT2D eigenvalue weighted by Gasteiger charge is -2.31. The molecule has 3 rings (SSSR count). The maximum absolute atomic E-state index is 13.1. The Morgan fingerprint density at radius 1 is 1.10 bits per heavy atom. The van der Waals surface area contributed by atoms with Crippen molar-refractivity contribution in [1.82, 2.24) is 9.62 Å². The molecular weight excluding hydrogens is 440 g/mol. The maximum Gasteiger partial charge on any atom is 0.246 e. The van der Waals surface area contributed by atoms with Crippen molar-refractivity contribution in [3.05, 3.63) is 53.1 Å². The number of nitrogens with zero attached hydrogens (tertiary/aromatic N) is 1. The lowest BCUT2D eigenvalue weighted by atomic mass is 9.96. The average molecular weight is 467 g/mol. The molecule has 0 radical (unpaired) electrons. The van der Waals surface area contributed by atoms with Crippen molar-refractivity contribution >= 4 is 27.5 Å². The van der Waals surface area contributed by atoms with Gasteiger partial charge in [0.2, 0.25) is 15.9 Å². The number of methoxy groups -OCH3 is 2. The minimum atomic E-state index is -3.77. The summed E-state index contributed by atoms with van der Waals surface area (Å²) in [4.78, 5) is 12.8. The van der Waals surface area contributed by atoms with Gasteiger partial charge in [0.15, 0.2) is 0 Å². The van der Waals surface area contributed by atoms with Gasteiger partial charge in [-0.2, -0.15) is 4.31 Å². The number of sulfonamides is 1. The zero-order chi connectivity index (χ0) is 22.6. The number of hydrogen-bond acceptors (Lipinski definition) is 5. The van der Waals surface area contributed by atoms with E-state index in [9.17, 15) is 13.2 Å². The second-order valence-corrected chi connectivity index (χ2v) is 9.82. The SMILES string of the molecule is COc1ccc(C(C)NC(=O)C2CCN(S(=O)(=O)c3cc(Cl)ccc3OC)CC2)cc1. The van der Waals surface area contributed by atoms with E-state index in [4.69, 9.17) is 21.1 Å². The fraction of sp³-hybridized carbons (Fsp3) is 0.409. The van der Waals surface area contributed by atoms with Gasteiger partial charge in [0.1, 0.15) is 16.4 Å². The fourth-order valence-electron chi connectivity index (χ4n) is 3.66. The standard InChI is InChI=1S/C22H27ClN2O5S/c1-15(16-4-7-19(29-2)8-5-16)24-22(26)17-10-12-25(13-11-17)31(27,28)21-14-18(23)6-9-20(21)30-3/h4-9,14-15,17H,10-13H2,1-3H3,(H,24,26). The van der Waals surface area contributed by atoms with Gasteiger partial charge in [0, 0.05) is 24.0 Å². The number of rotatable bonds is 7. The highest BCUT2D eigenvalue weighted by Crippen LogP contribution is 2.32. The van der Waals surface area contributed by atoms with Crippen molar-refractivity contribution in [3.63, 3.8) is 0 Å². The number of carbonyl (C=O) groups excluding carboxylic acids is 1. The molecular formula is C22H27ClN2O5S. The zero-order valence-corrected chi connectivity index (χ0v) is 19.4. The van der Waals surface area contributed by atoms with Gasteiger partial charge in [-0.1, -0.05) is 23.7 Å². The van der Waals surface area contributed by atoms with E-state index in [1.807, 2.05) is 31.2 Å². The topological polar surface area (TPSA) is 84.9 Å². The highest BCUT2D eigenvalue weighted by molar-refractivity contribution is 7.89. The van der Waals surface area contributed by atoms with Crippen LogP contribution in [0.4, 0.5) is 0 Å². The number of halogens is 1. The molecule has 1 fully saturated rings. The molecule has 1 saturated heterocycles. The smallest absolute Gasteiger partial charge is 0.246 e. The second-order valence-electron chi connectivity index (χ2n) is 7.48. The molecule has 1 unspecified atom stereocenters. The van der Waals surface area contributed by atoms with Crippen LogP contribution in [0.25, 0.3) is 0 Å². The highest BCUT2D eigenvalue weighted by atomic mass is 35.5. The molecule has 2 aromatic carbocycles. The van der Waals surface area contributed by atoms with E-state index in [0.29, 0.717) is 17.9 Å². The molecule has 0 spiro atoms. The van der Waals surface area contributed by atoms with Crippen LogP contribution in [0.15, 0.2) is 47.4 Å². The fourth-order valence-corrected chi connectivity index (χ4v) is 5.54. The van der Waals surface area contributed by atoms with Gasteiger partial charge in [-0.15, -0.1) is 0 Å². The van der Waals surface area contributed by atoms with Crippen molar-refractivity contribution in [2.45, 2.75) is 30.7 Å². The minimum absolute atomic E-state index is 0.0403. The van der Waals surface area contributed by atoms with E-state index in [2.05, 4.69) is 5.32 Å². The van der Waals surface area contributed by atoms with Crippen LogP contribution in [-0.4, -0.2) is 45.9 Å².